The van der Waals surface area contributed by atoms with Crippen molar-refractivity contribution in [1.29, 1.82) is 0 Å². The van der Waals surface area contributed by atoms with Gasteiger partial charge in [0.1, 0.15) is 5.75 Å². The molecule has 20 heavy (non-hydrogen) atoms. The summed E-state index contributed by atoms with van der Waals surface area (Å²) < 4.78 is 5.45. The third-order valence-corrected chi connectivity index (χ3v) is 4.44. The Morgan fingerprint density at radius 1 is 1.30 bits per heavy atom. The van der Waals surface area contributed by atoms with Gasteiger partial charge in [-0.1, -0.05) is 11.6 Å². The van der Waals surface area contributed by atoms with Crippen molar-refractivity contribution in [2.24, 2.45) is 0 Å². The molecule has 1 aromatic carbocycles. The highest BCUT2D eigenvalue weighted by Gasteiger charge is 2.12. The molecule has 1 N–H and O–H groups in total. The van der Waals surface area contributed by atoms with Gasteiger partial charge in [0.05, 0.1) is 11.6 Å². The van der Waals surface area contributed by atoms with Gasteiger partial charge < -0.3 is 10.1 Å². The molecule has 0 aliphatic rings. The number of hydrogen-bond donors (Lipinski definition) is 1. The minimum Gasteiger partial charge on any atom is -0.492 e. The molecule has 2 nitrogen and oxygen atoms in total. The van der Waals surface area contributed by atoms with E-state index in [1.165, 1.54) is 15.3 Å². The van der Waals surface area contributed by atoms with Gasteiger partial charge in [-0.2, -0.15) is 0 Å². The molecule has 0 saturated carbocycles. The summed E-state index contributed by atoms with van der Waals surface area (Å²) in [5, 5.41) is 4.13. The van der Waals surface area contributed by atoms with Crippen molar-refractivity contribution in [2.75, 3.05) is 11.9 Å². The number of thiophene rings is 1. The number of rotatable bonds is 5. The van der Waals surface area contributed by atoms with Gasteiger partial charge in [-0.3, -0.25) is 0 Å². The van der Waals surface area contributed by atoms with E-state index in [2.05, 4.69) is 32.2 Å². The molecule has 4 heteroatoms. The van der Waals surface area contributed by atoms with Crippen molar-refractivity contribution < 1.29 is 4.74 Å². The molecule has 0 amide bonds. The number of halogens is 1. The maximum absolute atomic E-state index is 6.21. The van der Waals surface area contributed by atoms with Crippen LogP contribution in [0, 0.1) is 13.8 Å². The van der Waals surface area contributed by atoms with Gasteiger partial charge in [0, 0.05) is 21.5 Å². The highest BCUT2D eigenvalue weighted by molar-refractivity contribution is 7.12. The van der Waals surface area contributed by atoms with Gasteiger partial charge in [0.2, 0.25) is 0 Å². The van der Waals surface area contributed by atoms with E-state index in [0.717, 1.165) is 11.4 Å². The summed E-state index contributed by atoms with van der Waals surface area (Å²) >= 11 is 8.04. The lowest BCUT2D eigenvalue weighted by atomic mass is 10.1. The molecule has 108 valence electrons. The number of benzene rings is 1. The monoisotopic (exact) mass is 309 g/mol. The number of ether oxygens (including phenoxy) is 1. The van der Waals surface area contributed by atoms with E-state index >= 15 is 0 Å². The molecule has 0 spiro atoms. The Kier molecular flexibility index (Phi) is 4.95. The minimum atomic E-state index is 0.258. The summed E-state index contributed by atoms with van der Waals surface area (Å²) in [5.41, 5.74) is 2.35. The molecular formula is C16H20ClNOS. The van der Waals surface area contributed by atoms with Crippen LogP contribution in [0.3, 0.4) is 0 Å². The fraction of sp³-hybridized carbons (Fsp3) is 0.375. The van der Waals surface area contributed by atoms with Crippen LogP contribution in [0.5, 0.6) is 5.75 Å². The number of hydrogen-bond acceptors (Lipinski definition) is 3. The molecule has 0 fully saturated rings. The van der Waals surface area contributed by atoms with Crippen molar-refractivity contribution >= 4 is 28.6 Å². The lowest BCUT2D eigenvalue weighted by Gasteiger charge is -2.16. The first-order valence-electron chi connectivity index (χ1n) is 6.77. The first kappa shape index (κ1) is 15.2. The molecule has 1 heterocycles. The van der Waals surface area contributed by atoms with Gasteiger partial charge in [-0.05, 0) is 57.5 Å². The van der Waals surface area contributed by atoms with Crippen LogP contribution in [0.25, 0.3) is 0 Å². The number of anilines is 1. The van der Waals surface area contributed by atoms with Crippen LogP contribution >= 0.6 is 22.9 Å². The van der Waals surface area contributed by atoms with Gasteiger partial charge in [-0.25, -0.2) is 0 Å². The maximum atomic E-state index is 6.21. The summed E-state index contributed by atoms with van der Waals surface area (Å²) in [4.78, 5) is 2.70. The second-order valence-corrected chi connectivity index (χ2v) is 6.68. The Morgan fingerprint density at radius 3 is 2.60 bits per heavy atom. The summed E-state index contributed by atoms with van der Waals surface area (Å²) in [6.45, 7) is 9.04. The zero-order valence-corrected chi connectivity index (χ0v) is 13.9. The van der Waals surface area contributed by atoms with Crippen LogP contribution in [0.2, 0.25) is 5.02 Å². The topological polar surface area (TPSA) is 21.3 Å². The zero-order valence-electron chi connectivity index (χ0n) is 12.3. The van der Waals surface area contributed by atoms with Crippen LogP contribution in [0.4, 0.5) is 5.69 Å². The highest BCUT2D eigenvalue weighted by atomic mass is 35.5. The third-order valence-electron chi connectivity index (χ3n) is 3.16. The summed E-state index contributed by atoms with van der Waals surface area (Å²) in [6.07, 6.45) is 0. The van der Waals surface area contributed by atoms with E-state index in [9.17, 15) is 0 Å². The van der Waals surface area contributed by atoms with Gasteiger partial charge in [0.15, 0.2) is 0 Å². The number of nitrogens with one attached hydrogen (secondary N) is 1. The van der Waals surface area contributed by atoms with E-state index in [1.807, 2.05) is 36.5 Å². The molecule has 0 bridgehead atoms. The summed E-state index contributed by atoms with van der Waals surface area (Å²) in [5.74, 6) is 0.731. The third kappa shape index (κ3) is 3.47. The Morgan fingerprint density at radius 2 is 2.05 bits per heavy atom. The second-order valence-electron chi connectivity index (χ2n) is 4.81. The van der Waals surface area contributed by atoms with Crippen molar-refractivity contribution in [3.05, 3.63) is 44.6 Å². The van der Waals surface area contributed by atoms with E-state index in [4.69, 9.17) is 16.3 Å². The van der Waals surface area contributed by atoms with Crippen molar-refractivity contribution in [3.63, 3.8) is 0 Å². The smallest absolute Gasteiger partial charge is 0.138 e. The molecule has 0 saturated heterocycles. The molecule has 0 aliphatic heterocycles. The van der Waals surface area contributed by atoms with E-state index in [1.54, 1.807) is 0 Å². The lowest BCUT2D eigenvalue weighted by molar-refractivity contribution is 0.340. The normalized spacial score (nSPS) is 12.2. The molecule has 0 radical (unpaired) electrons. The first-order valence-corrected chi connectivity index (χ1v) is 7.96. The first-order chi connectivity index (χ1) is 9.51. The van der Waals surface area contributed by atoms with Crippen LogP contribution in [-0.2, 0) is 0 Å². The Hall–Kier alpha value is -1.19. The average molecular weight is 310 g/mol. The summed E-state index contributed by atoms with van der Waals surface area (Å²) in [7, 11) is 0. The molecular weight excluding hydrogens is 290 g/mol. The standard InChI is InChI=1S/C16H20ClNOS/c1-5-19-16-7-6-13(9-15(16)17)18-11(3)14-8-10(2)20-12(14)4/h6-9,11,18H,5H2,1-4H3. The SMILES string of the molecule is CCOc1ccc(NC(C)c2cc(C)sc2C)cc1Cl. The van der Waals surface area contributed by atoms with E-state index in [0.29, 0.717) is 11.6 Å². The average Bonchev–Trinajstić information content (AvgIpc) is 2.72. The Bertz CT molecular complexity index is 594. The van der Waals surface area contributed by atoms with Crippen molar-refractivity contribution in [1.82, 2.24) is 0 Å². The van der Waals surface area contributed by atoms with E-state index in [-0.39, 0.29) is 6.04 Å². The lowest BCUT2D eigenvalue weighted by Crippen LogP contribution is -2.06. The second kappa shape index (κ2) is 6.51. The predicted molar refractivity (Wildman–Crippen MR) is 88.5 cm³/mol. The molecule has 1 atom stereocenters. The molecule has 0 aliphatic carbocycles. The molecule has 1 aromatic heterocycles. The van der Waals surface area contributed by atoms with Crippen LogP contribution in [-0.4, -0.2) is 6.61 Å². The van der Waals surface area contributed by atoms with Crippen LogP contribution in [0.15, 0.2) is 24.3 Å². The van der Waals surface area contributed by atoms with Gasteiger partial charge in [-0.15, -0.1) is 11.3 Å². The van der Waals surface area contributed by atoms with Crippen molar-refractivity contribution in [2.45, 2.75) is 33.7 Å². The van der Waals surface area contributed by atoms with Crippen LogP contribution < -0.4 is 10.1 Å². The Balaban J connectivity index is 2.13. The highest BCUT2D eigenvalue weighted by Crippen LogP contribution is 2.32. The maximum Gasteiger partial charge on any atom is 0.138 e. The largest absolute Gasteiger partial charge is 0.492 e. The Labute approximate surface area is 129 Å². The van der Waals surface area contributed by atoms with Gasteiger partial charge >= 0.3 is 0 Å². The van der Waals surface area contributed by atoms with Crippen molar-refractivity contribution in [3.8, 4) is 5.75 Å². The number of aryl methyl sites for hydroxylation is 2. The van der Waals surface area contributed by atoms with Gasteiger partial charge in [0.25, 0.3) is 0 Å². The fourth-order valence-corrected chi connectivity index (χ4v) is 3.53. The predicted octanol–water partition coefficient (Wildman–Crippen LogP) is 5.59. The fourth-order valence-electron chi connectivity index (χ4n) is 2.27. The summed E-state index contributed by atoms with van der Waals surface area (Å²) in [6, 6.07) is 8.33. The van der Waals surface area contributed by atoms with E-state index < -0.39 is 0 Å². The molecule has 2 aromatic rings. The quantitative estimate of drug-likeness (QED) is 0.777. The van der Waals surface area contributed by atoms with Crippen LogP contribution in [0.1, 0.15) is 35.2 Å². The molecule has 2 rings (SSSR count). The zero-order chi connectivity index (χ0) is 14.7. The molecule has 1 unspecified atom stereocenters. The minimum absolute atomic E-state index is 0.258.